The second kappa shape index (κ2) is 6.33. The highest BCUT2D eigenvalue weighted by atomic mass is 16.6. The minimum absolute atomic E-state index is 0.115. The molecule has 0 bridgehead atoms. The fourth-order valence-corrected chi connectivity index (χ4v) is 2.00. The number of nitrogens with zero attached hydrogens (tertiary/aromatic N) is 4. The van der Waals surface area contributed by atoms with E-state index in [0.717, 1.165) is 15.8 Å². The van der Waals surface area contributed by atoms with E-state index in [-0.39, 0.29) is 18.5 Å². The van der Waals surface area contributed by atoms with Crippen molar-refractivity contribution in [3.05, 3.63) is 51.3 Å². The molecule has 8 heteroatoms. The Bertz CT molecular complexity index is 710. The molecule has 0 aliphatic carbocycles. The molecule has 0 saturated heterocycles. The van der Waals surface area contributed by atoms with Gasteiger partial charge in [-0.15, -0.1) is 0 Å². The van der Waals surface area contributed by atoms with Gasteiger partial charge in [0.25, 0.3) is 0 Å². The van der Waals surface area contributed by atoms with Crippen molar-refractivity contribution in [2.24, 2.45) is 0 Å². The van der Waals surface area contributed by atoms with Gasteiger partial charge >= 0.3 is 5.95 Å². The first-order chi connectivity index (χ1) is 10.4. The van der Waals surface area contributed by atoms with E-state index in [0.29, 0.717) is 0 Å². The fourth-order valence-electron chi connectivity index (χ4n) is 2.00. The van der Waals surface area contributed by atoms with Crippen molar-refractivity contribution in [1.82, 2.24) is 20.1 Å². The molecule has 8 nitrogen and oxygen atoms in total. The van der Waals surface area contributed by atoms with E-state index in [1.54, 1.807) is 0 Å². The molecule has 2 aromatic rings. The zero-order valence-electron chi connectivity index (χ0n) is 12.6. The Balaban J connectivity index is 1.98. The standard InChI is InChI=1S/C14H17N5O3/c1-9-4-5-12(6-10(9)2)11(3)16-13(20)7-18-8-15-14(17-18)19(21)22/h4-6,8,11H,7H2,1-3H3,(H,16,20)/t11-/m0/s1. The van der Waals surface area contributed by atoms with Crippen molar-refractivity contribution in [2.75, 3.05) is 0 Å². The topological polar surface area (TPSA) is 103 Å². The van der Waals surface area contributed by atoms with Crippen LogP contribution in [0.25, 0.3) is 0 Å². The molecule has 0 spiro atoms. The fraction of sp³-hybridized carbons (Fsp3) is 0.357. The molecule has 1 aromatic heterocycles. The van der Waals surface area contributed by atoms with Crippen LogP contribution in [0.4, 0.5) is 5.95 Å². The van der Waals surface area contributed by atoms with Crippen LogP contribution in [0.5, 0.6) is 0 Å². The molecule has 2 rings (SSSR count). The van der Waals surface area contributed by atoms with Crippen molar-refractivity contribution in [2.45, 2.75) is 33.4 Å². The monoisotopic (exact) mass is 303 g/mol. The zero-order chi connectivity index (χ0) is 16.3. The smallest absolute Gasteiger partial charge is 0.390 e. The predicted molar refractivity (Wildman–Crippen MR) is 79.2 cm³/mol. The Morgan fingerprint density at radius 2 is 2.14 bits per heavy atom. The Kier molecular flexibility index (Phi) is 4.50. The number of aryl methyl sites for hydroxylation is 2. The first kappa shape index (κ1) is 15.6. The lowest BCUT2D eigenvalue weighted by molar-refractivity contribution is -0.394. The van der Waals surface area contributed by atoms with Gasteiger partial charge in [-0.2, -0.15) is 4.68 Å². The molecule has 1 N–H and O–H groups in total. The average molecular weight is 303 g/mol. The van der Waals surface area contributed by atoms with Crippen molar-refractivity contribution >= 4 is 11.9 Å². The molecule has 22 heavy (non-hydrogen) atoms. The van der Waals surface area contributed by atoms with Crippen LogP contribution in [0.15, 0.2) is 24.5 Å². The van der Waals surface area contributed by atoms with Crippen LogP contribution >= 0.6 is 0 Å². The van der Waals surface area contributed by atoms with Gasteiger partial charge in [0, 0.05) is 5.10 Å². The average Bonchev–Trinajstić information content (AvgIpc) is 2.90. The maximum Gasteiger partial charge on any atom is 0.490 e. The maximum absolute atomic E-state index is 12.0. The van der Waals surface area contributed by atoms with Gasteiger partial charge in [0.05, 0.1) is 6.04 Å². The van der Waals surface area contributed by atoms with Crippen LogP contribution in [0.1, 0.15) is 29.7 Å². The van der Waals surface area contributed by atoms with E-state index in [2.05, 4.69) is 15.4 Å². The van der Waals surface area contributed by atoms with Crippen LogP contribution in [-0.4, -0.2) is 25.6 Å². The van der Waals surface area contributed by atoms with Gasteiger partial charge in [-0.3, -0.25) is 4.79 Å². The van der Waals surface area contributed by atoms with Crippen LogP contribution in [-0.2, 0) is 11.3 Å². The van der Waals surface area contributed by atoms with E-state index in [1.165, 1.54) is 11.9 Å². The number of hydrogen-bond donors (Lipinski definition) is 1. The summed E-state index contributed by atoms with van der Waals surface area (Å²) in [5.41, 5.74) is 3.35. The second-order valence-corrected chi connectivity index (χ2v) is 5.13. The van der Waals surface area contributed by atoms with Gasteiger partial charge in [-0.25, -0.2) is 0 Å². The van der Waals surface area contributed by atoms with Crippen molar-refractivity contribution in [1.29, 1.82) is 0 Å². The van der Waals surface area contributed by atoms with Gasteiger partial charge in [0.2, 0.25) is 12.2 Å². The number of carbonyl (C=O) groups excluding carboxylic acids is 1. The first-order valence-electron chi connectivity index (χ1n) is 6.77. The molecule has 116 valence electrons. The van der Waals surface area contributed by atoms with Crippen LogP contribution in [0.3, 0.4) is 0 Å². The molecule has 0 saturated carbocycles. The summed E-state index contributed by atoms with van der Waals surface area (Å²) in [5.74, 6) is -0.805. The molecule has 0 aliphatic heterocycles. The number of carbonyl (C=O) groups is 1. The summed E-state index contributed by atoms with van der Waals surface area (Å²) in [6, 6.07) is 5.84. The lowest BCUT2D eigenvalue weighted by Gasteiger charge is -2.15. The SMILES string of the molecule is Cc1ccc([C@H](C)NC(=O)Cn2cnc([N+](=O)[O-])n2)cc1C. The molecule has 1 heterocycles. The number of aromatic nitrogens is 3. The largest absolute Gasteiger partial charge is 0.490 e. The molecular weight excluding hydrogens is 286 g/mol. The summed E-state index contributed by atoms with van der Waals surface area (Å²) in [4.78, 5) is 25.2. The summed E-state index contributed by atoms with van der Waals surface area (Å²) in [5, 5.41) is 16.9. The summed E-state index contributed by atoms with van der Waals surface area (Å²) in [7, 11) is 0. The number of amides is 1. The molecule has 0 aliphatic rings. The quantitative estimate of drug-likeness (QED) is 0.668. The Morgan fingerprint density at radius 3 is 2.73 bits per heavy atom. The number of nitro groups is 1. The normalized spacial score (nSPS) is 12.0. The van der Waals surface area contributed by atoms with Crippen molar-refractivity contribution in [3.63, 3.8) is 0 Å². The Morgan fingerprint density at radius 1 is 1.41 bits per heavy atom. The second-order valence-electron chi connectivity index (χ2n) is 5.13. The van der Waals surface area contributed by atoms with Gasteiger partial charge in [0.1, 0.15) is 6.54 Å². The predicted octanol–water partition coefficient (Wildman–Crippen LogP) is 1.68. The van der Waals surface area contributed by atoms with Crippen LogP contribution < -0.4 is 5.32 Å². The van der Waals surface area contributed by atoms with E-state index >= 15 is 0 Å². The molecule has 0 unspecified atom stereocenters. The lowest BCUT2D eigenvalue weighted by atomic mass is 10.0. The molecular formula is C14H17N5O3. The molecule has 1 amide bonds. The number of nitrogens with one attached hydrogen (secondary N) is 1. The summed E-state index contributed by atoms with van der Waals surface area (Å²) >= 11 is 0. The lowest BCUT2D eigenvalue weighted by Crippen LogP contribution is -2.30. The van der Waals surface area contributed by atoms with Crippen LogP contribution in [0.2, 0.25) is 0 Å². The number of rotatable bonds is 5. The van der Waals surface area contributed by atoms with Crippen molar-refractivity contribution in [3.8, 4) is 0 Å². The molecule has 0 fully saturated rings. The highest BCUT2D eigenvalue weighted by Crippen LogP contribution is 2.16. The third-order valence-electron chi connectivity index (χ3n) is 3.40. The van der Waals surface area contributed by atoms with E-state index in [1.807, 2.05) is 39.0 Å². The van der Waals surface area contributed by atoms with E-state index in [4.69, 9.17) is 0 Å². The Labute approximate surface area is 127 Å². The summed E-state index contributed by atoms with van der Waals surface area (Å²) in [6.07, 6.45) is 1.17. The van der Waals surface area contributed by atoms with Gasteiger partial charge < -0.3 is 15.4 Å². The molecule has 0 radical (unpaired) electrons. The highest BCUT2D eigenvalue weighted by molar-refractivity contribution is 5.76. The van der Waals surface area contributed by atoms with Gasteiger partial charge in [0.15, 0.2) is 0 Å². The van der Waals surface area contributed by atoms with Crippen molar-refractivity contribution < 1.29 is 9.72 Å². The van der Waals surface area contributed by atoms with E-state index in [9.17, 15) is 14.9 Å². The first-order valence-corrected chi connectivity index (χ1v) is 6.77. The Hall–Kier alpha value is -2.77. The van der Waals surface area contributed by atoms with Crippen LogP contribution in [0, 0.1) is 24.0 Å². The summed E-state index contributed by atoms with van der Waals surface area (Å²) in [6.45, 7) is 5.81. The molecule has 1 aromatic carbocycles. The third-order valence-corrected chi connectivity index (χ3v) is 3.40. The maximum atomic E-state index is 12.0. The minimum atomic E-state index is -0.702. The van der Waals surface area contributed by atoms with E-state index < -0.39 is 10.9 Å². The van der Waals surface area contributed by atoms with Gasteiger partial charge in [-0.05, 0) is 42.4 Å². The highest BCUT2D eigenvalue weighted by Gasteiger charge is 2.16. The number of benzene rings is 1. The third kappa shape index (κ3) is 3.66. The zero-order valence-corrected chi connectivity index (χ0v) is 12.6. The summed E-state index contributed by atoms with van der Waals surface area (Å²) < 4.78 is 1.14. The van der Waals surface area contributed by atoms with Gasteiger partial charge in [-0.1, -0.05) is 23.2 Å². The number of hydrogen-bond acceptors (Lipinski definition) is 5. The molecule has 1 atom stereocenters. The minimum Gasteiger partial charge on any atom is -0.390 e.